The maximum Gasteiger partial charge on any atom is 0.145 e. The molecule has 0 aliphatic heterocycles. The molecular weight excluding hydrogens is 208 g/mol. The highest BCUT2D eigenvalue weighted by atomic mass is 32.1. The van der Waals surface area contributed by atoms with Crippen LogP contribution in [0, 0.1) is 0 Å². The van der Waals surface area contributed by atoms with Gasteiger partial charge in [0.15, 0.2) is 0 Å². The first-order valence-electron chi connectivity index (χ1n) is 4.85. The summed E-state index contributed by atoms with van der Waals surface area (Å²) in [5, 5.41) is 0. The Labute approximate surface area is 92.8 Å². The summed E-state index contributed by atoms with van der Waals surface area (Å²) in [6, 6.07) is 2.28. The van der Waals surface area contributed by atoms with Crippen LogP contribution < -0.4 is 10.6 Å². The molecule has 0 aromatic carbocycles. The van der Waals surface area contributed by atoms with Crippen LogP contribution in [0.4, 0.5) is 5.69 Å². The summed E-state index contributed by atoms with van der Waals surface area (Å²) in [5.74, 6) is 0. The van der Waals surface area contributed by atoms with Crippen molar-refractivity contribution in [2.24, 2.45) is 5.73 Å². The number of fused-ring (bicyclic) bond motifs is 1. The highest BCUT2D eigenvalue weighted by Crippen LogP contribution is 2.26. The van der Waals surface area contributed by atoms with Crippen LogP contribution in [0.15, 0.2) is 17.8 Å². The summed E-state index contributed by atoms with van der Waals surface area (Å²) in [6.45, 7) is 2.73. The van der Waals surface area contributed by atoms with Crippen LogP contribution in [0.1, 0.15) is 6.92 Å². The lowest BCUT2D eigenvalue weighted by Crippen LogP contribution is -2.35. The summed E-state index contributed by atoms with van der Waals surface area (Å²) in [4.78, 5) is 11.7. The van der Waals surface area contributed by atoms with Gasteiger partial charge >= 0.3 is 0 Å². The lowest BCUT2D eigenvalue weighted by Gasteiger charge is -2.25. The molecule has 4 nitrogen and oxygen atoms in total. The number of nitrogens with two attached hydrogens (primary N) is 1. The van der Waals surface area contributed by atoms with Gasteiger partial charge in [-0.05, 0) is 13.0 Å². The Morgan fingerprint density at radius 3 is 3.07 bits per heavy atom. The Morgan fingerprint density at radius 1 is 1.53 bits per heavy atom. The topological polar surface area (TPSA) is 55.0 Å². The number of likely N-dealkylation sites (N-methyl/N-ethyl adjacent to an activating group) is 1. The van der Waals surface area contributed by atoms with Gasteiger partial charge in [0.25, 0.3) is 0 Å². The van der Waals surface area contributed by atoms with Gasteiger partial charge in [-0.25, -0.2) is 9.97 Å². The number of aromatic nitrogens is 2. The van der Waals surface area contributed by atoms with Crippen LogP contribution >= 0.6 is 11.3 Å². The van der Waals surface area contributed by atoms with Crippen molar-refractivity contribution in [1.82, 2.24) is 9.97 Å². The van der Waals surface area contributed by atoms with E-state index in [1.165, 1.54) is 0 Å². The molecule has 1 unspecified atom stereocenters. The van der Waals surface area contributed by atoms with Gasteiger partial charge in [-0.2, -0.15) is 0 Å². The van der Waals surface area contributed by atoms with E-state index in [1.807, 2.05) is 24.8 Å². The zero-order valence-electron chi connectivity index (χ0n) is 8.84. The first-order chi connectivity index (χ1) is 7.24. The van der Waals surface area contributed by atoms with E-state index in [0.29, 0.717) is 12.6 Å². The molecule has 2 heterocycles. The molecule has 0 bridgehead atoms. The monoisotopic (exact) mass is 222 g/mol. The number of pyridine rings is 1. The van der Waals surface area contributed by atoms with E-state index in [4.69, 9.17) is 5.73 Å². The van der Waals surface area contributed by atoms with E-state index < -0.39 is 0 Å². The van der Waals surface area contributed by atoms with Crippen molar-refractivity contribution in [3.8, 4) is 0 Å². The molecule has 0 saturated heterocycles. The van der Waals surface area contributed by atoms with Crippen molar-refractivity contribution >= 4 is 27.4 Å². The lowest BCUT2D eigenvalue weighted by molar-refractivity contribution is 0.697. The minimum absolute atomic E-state index is 0.303. The average Bonchev–Trinajstić information content (AvgIpc) is 2.74. The van der Waals surface area contributed by atoms with Gasteiger partial charge in [-0.3, -0.25) is 0 Å². The molecule has 0 aliphatic rings. The maximum atomic E-state index is 5.65. The van der Waals surface area contributed by atoms with Gasteiger partial charge < -0.3 is 10.6 Å². The summed E-state index contributed by atoms with van der Waals surface area (Å²) < 4.78 is 0. The van der Waals surface area contributed by atoms with E-state index in [1.54, 1.807) is 11.3 Å². The molecule has 2 aromatic heterocycles. The quantitative estimate of drug-likeness (QED) is 0.854. The van der Waals surface area contributed by atoms with E-state index >= 15 is 0 Å². The number of hydrogen-bond donors (Lipinski definition) is 1. The van der Waals surface area contributed by atoms with Crippen molar-refractivity contribution < 1.29 is 0 Å². The molecule has 0 aliphatic carbocycles. The maximum absolute atomic E-state index is 5.65. The average molecular weight is 222 g/mol. The van der Waals surface area contributed by atoms with Gasteiger partial charge in [0.1, 0.15) is 10.3 Å². The van der Waals surface area contributed by atoms with Gasteiger partial charge in [-0.15, -0.1) is 11.3 Å². The van der Waals surface area contributed by atoms with Crippen molar-refractivity contribution in [2.75, 3.05) is 18.5 Å². The first-order valence-corrected chi connectivity index (χ1v) is 5.73. The molecule has 0 spiro atoms. The second-order valence-electron chi connectivity index (χ2n) is 3.53. The predicted octanol–water partition coefficient (Wildman–Crippen LogP) is 1.47. The first kappa shape index (κ1) is 10.3. The van der Waals surface area contributed by atoms with Crippen LogP contribution in [0.5, 0.6) is 0 Å². The van der Waals surface area contributed by atoms with Crippen LogP contribution in [0.25, 0.3) is 10.3 Å². The summed E-state index contributed by atoms with van der Waals surface area (Å²) in [6.07, 6.45) is 1.82. The lowest BCUT2D eigenvalue weighted by atomic mass is 10.2. The number of nitrogens with zero attached hydrogens (tertiary/aromatic N) is 3. The second-order valence-corrected chi connectivity index (χ2v) is 4.37. The normalized spacial score (nSPS) is 13.0. The molecule has 2 aromatic rings. The zero-order valence-corrected chi connectivity index (χ0v) is 9.66. The largest absolute Gasteiger partial charge is 0.369 e. The molecular formula is C10H14N4S. The van der Waals surface area contributed by atoms with Crippen LogP contribution in [0.3, 0.4) is 0 Å². The van der Waals surface area contributed by atoms with Crippen molar-refractivity contribution in [2.45, 2.75) is 13.0 Å². The number of anilines is 1. The summed E-state index contributed by atoms with van der Waals surface area (Å²) in [5.41, 5.74) is 9.54. The fourth-order valence-electron chi connectivity index (χ4n) is 1.44. The molecule has 2 N–H and O–H groups in total. The molecule has 0 saturated carbocycles. The van der Waals surface area contributed by atoms with E-state index in [2.05, 4.69) is 21.8 Å². The van der Waals surface area contributed by atoms with E-state index in [0.717, 1.165) is 16.0 Å². The van der Waals surface area contributed by atoms with Crippen LogP contribution in [0.2, 0.25) is 0 Å². The Morgan fingerprint density at radius 2 is 2.33 bits per heavy atom. The Kier molecular flexibility index (Phi) is 2.83. The van der Waals surface area contributed by atoms with E-state index in [9.17, 15) is 0 Å². The third kappa shape index (κ3) is 1.80. The Balaban J connectivity index is 2.46. The van der Waals surface area contributed by atoms with Crippen LogP contribution in [-0.2, 0) is 0 Å². The molecule has 80 valence electrons. The molecule has 0 fully saturated rings. The van der Waals surface area contributed by atoms with Gasteiger partial charge in [0, 0.05) is 25.8 Å². The smallest absolute Gasteiger partial charge is 0.145 e. The highest BCUT2D eigenvalue weighted by Gasteiger charge is 2.12. The van der Waals surface area contributed by atoms with Gasteiger partial charge in [-0.1, -0.05) is 0 Å². The zero-order chi connectivity index (χ0) is 10.8. The second kappa shape index (κ2) is 4.12. The molecule has 5 heteroatoms. The fraction of sp³-hybridized carbons (Fsp3) is 0.400. The SMILES string of the molecule is CC(CN)N(C)c1ccnc2scnc12. The summed E-state index contributed by atoms with van der Waals surface area (Å²) in [7, 11) is 2.03. The molecule has 2 rings (SSSR count). The Bertz CT molecular complexity index is 453. The van der Waals surface area contributed by atoms with Crippen molar-refractivity contribution in [3.05, 3.63) is 17.8 Å². The number of rotatable bonds is 3. The standard InChI is InChI=1S/C10H14N4S/c1-7(5-11)14(2)8-3-4-12-10-9(8)13-6-15-10/h3-4,6-7H,5,11H2,1-2H3. The fourth-order valence-corrected chi connectivity index (χ4v) is 2.09. The van der Waals surface area contributed by atoms with Crippen molar-refractivity contribution in [3.63, 3.8) is 0 Å². The van der Waals surface area contributed by atoms with Crippen molar-refractivity contribution in [1.29, 1.82) is 0 Å². The van der Waals surface area contributed by atoms with Gasteiger partial charge in [0.05, 0.1) is 11.2 Å². The highest BCUT2D eigenvalue weighted by molar-refractivity contribution is 7.16. The molecule has 0 radical (unpaired) electrons. The number of thiazole rings is 1. The van der Waals surface area contributed by atoms with Gasteiger partial charge in [0.2, 0.25) is 0 Å². The minimum Gasteiger partial charge on any atom is -0.369 e. The molecule has 15 heavy (non-hydrogen) atoms. The predicted molar refractivity (Wildman–Crippen MR) is 64.3 cm³/mol. The summed E-state index contributed by atoms with van der Waals surface area (Å²) >= 11 is 1.56. The van der Waals surface area contributed by atoms with Crippen LogP contribution in [-0.4, -0.2) is 29.6 Å². The Hall–Kier alpha value is -1.20. The molecule has 1 atom stereocenters. The van der Waals surface area contributed by atoms with E-state index in [-0.39, 0.29) is 0 Å². The third-order valence-electron chi connectivity index (χ3n) is 2.60. The molecule has 0 amide bonds. The minimum atomic E-state index is 0.303. The number of hydrogen-bond acceptors (Lipinski definition) is 5. The third-order valence-corrected chi connectivity index (χ3v) is 3.33.